The van der Waals surface area contributed by atoms with Gasteiger partial charge in [-0.2, -0.15) is 8.78 Å². The summed E-state index contributed by atoms with van der Waals surface area (Å²) in [6.45, 7) is 1.87. The van der Waals surface area contributed by atoms with Gasteiger partial charge in [-0.3, -0.25) is 9.69 Å². The molecular weight excluding hydrogens is 302 g/mol. The smallest absolute Gasteiger partial charge is 0.387 e. The van der Waals surface area contributed by atoms with E-state index in [1.165, 1.54) is 43.5 Å². The Morgan fingerprint density at radius 3 is 2.74 bits per heavy atom. The average molecular weight is 326 g/mol. The molecule has 1 atom stereocenters. The van der Waals surface area contributed by atoms with Gasteiger partial charge in [-0.25, -0.2) is 0 Å². The van der Waals surface area contributed by atoms with Crippen molar-refractivity contribution in [1.29, 1.82) is 0 Å². The molecular formula is C17H24F2N2O2. The summed E-state index contributed by atoms with van der Waals surface area (Å²) >= 11 is 0. The number of hydrogen-bond acceptors (Lipinski definition) is 3. The summed E-state index contributed by atoms with van der Waals surface area (Å²) in [5.74, 6) is -0.144. The topological polar surface area (TPSA) is 41.6 Å². The summed E-state index contributed by atoms with van der Waals surface area (Å²) in [4.78, 5) is 14.5. The van der Waals surface area contributed by atoms with Gasteiger partial charge in [0, 0.05) is 24.7 Å². The van der Waals surface area contributed by atoms with Crippen molar-refractivity contribution in [2.45, 2.75) is 45.3 Å². The van der Waals surface area contributed by atoms with E-state index in [4.69, 9.17) is 0 Å². The normalized spacial score (nSPS) is 18.9. The van der Waals surface area contributed by atoms with Crippen LogP contribution in [0.25, 0.3) is 0 Å². The number of halogens is 2. The van der Waals surface area contributed by atoms with Gasteiger partial charge in [0.05, 0.1) is 0 Å². The van der Waals surface area contributed by atoms with Gasteiger partial charge < -0.3 is 10.1 Å². The molecule has 1 aliphatic heterocycles. The summed E-state index contributed by atoms with van der Waals surface area (Å²) in [7, 11) is 0. The van der Waals surface area contributed by atoms with Gasteiger partial charge in [-0.15, -0.1) is 0 Å². The number of likely N-dealkylation sites (tertiary alicyclic amines) is 1. The van der Waals surface area contributed by atoms with Crippen LogP contribution in [-0.4, -0.2) is 43.1 Å². The molecule has 2 rings (SSSR count). The van der Waals surface area contributed by atoms with E-state index in [9.17, 15) is 13.6 Å². The Hall–Kier alpha value is -1.69. The summed E-state index contributed by atoms with van der Waals surface area (Å²) in [6.07, 6.45) is 4.88. The van der Waals surface area contributed by atoms with Crippen molar-refractivity contribution in [2.75, 3.05) is 19.6 Å². The van der Waals surface area contributed by atoms with Gasteiger partial charge in [0.2, 0.25) is 0 Å². The number of amides is 1. The van der Waals surface area contributed by atoms with Crippen molar-refractivity contribution in [1.82, 2.24) is 10.2 Å². The van der Waals surface area contributed by atoms with E-state index in [0.717, 1.165) is 19.5 Å². The van der Waals surface area contributed by atoms with E-state index in [0.29, 0.717) is 18.2 Å². The van der Waals surface area contributed by atoms with Crippen LogP contribution >= 0.6 is 0 Å². The molecule has 0 saturated carbocycles. The van der Waals surface area contributed by atoms with Crippen LogP contribution < -0.4 is 10.1 Å². The van der Waals surface area contributed by atoms with Crippen molar-refractivity contribution in [3.8, 4) is 5.75 Å². The summed E-state index contributed by atoms with van der Waals surface area (Å²) in [6, 6.07) is 6.34. The zero-order valence-electron chi connectivity index (χ0n) is 13.4. The molecule has 1 saturated heterocycles. The van der Waals surface area contributed by atoms with Gasteiger partial charge in [0.25, 0.3) is 5.91 Å². The van der Waals surface area contributed by atoms with E-state index in [1.54, 1.807) is 0 Å². The van der Waals surface area contributed by atoms with Gasteiger partial charge in [-0.05, 0) is 50.1 Å². The first kappa shape index (κ1) is 17.7. The summed E-state index contributed by atoms with van der Waals surface area (Å²) in [5, 5.41) is 2.88. The highest BCUT2D eigenvalue weighted by molar-refractivity contribution is 5.94. The van der Waals surface area contributed by atoms with Crippen molar-refractivity contribution in [3.63, 3.8) is 0 Å². The Labute approximate surface area is 135 Å². The standard InChI is InChI=1S/C17H24F2N2O2/c1-2-14-5-3-4-11-21(14)12-10-20-16(22)13-6-8-15(9-7-13)23-17(18)19/h6-9,14,17H,2-5,10-12H2,1H3,(H,20,22). The van der Waals surface area contributed by atoms with Gasteiger partial charge in [0.15, 0.2) is 0 Å². The number of alkyl halides is 2. The highest BCUT2D eigenvalue weighted by atomic mass is 19.3. The number of carbonyl (C=O) groups is 1. The van der Waals surface area contributed by atoms with E-state index in [2.05, 4.69) is 21.9 Å². The van der Waals surface area contributed by atoms with Crippen LogP contribution in [0.1, 0.15) is 43.0 Å². The number of rotatable bonds is 7. The lowest BCUT2D eigenvalue weighted by atomic mass is 10.0. The predicted molar refractivity (Wildman–Crippen MR) is 84.9 cm³/mol. The van der Waals surface area contributed by atoms with Crippen molar-refractivity contribution in [2.24, 2.45) is 0 Å². The van der Waals surface area contributed by atoms with Crippen LogP contribution in [0.15, 0.2) is 24.3 Å². The first-order chi connectivity index (χ1) is 11.1. The van der Waals surface area contributed by atoms with Crippen molar-refractivity contribution < 1.29 is 18.3 Å². The molecule has 1 aromatic carbocycles. The maximum Gasteiger partial charge on any atom is 0.387 e. The van der Waals surface area contributed by atoms with Gasteiger partial charge >= 0.3 is 6.61 Å². The molecule has 1 fully saturated rings. The second-order valence-corrected chi connectivity index (χ2v) is 5.75. The Morgan fingerprint density at radius 1 is 1.35 bits per heavy atom. The molecule has 1 unspecified atom stereocenters. The summed E-state index contributed by atoms with van der Waals surface area (Å²) < 4.78 is 28.4. The second kappa shape index (κ2) is 8.82. The van der Waals surface area contributed by atoms with Crippen LogP contribution in [0, 0.1) is 0 Å². The van der Waals surface area contributed by atoms with Crippen LogP contribution in [-0.2, 0) is 0 Å². The van der Waals surface area contributed by atoms with E-state index in [1.807, 2.05) is 0 Å². The lowest BCUT2D eigenvalue weighted by Crippen LogP contribution is -2.43. The maximum absolute atomic E-state index is 12.1. The minimum absolute atomic E-state index is 0.0515. The van der Waals surface area contributed by atoms with Crippen LogP contribution in [0.2, 0.25) is 0 Å². The Kier molecular flexibility index (Phi) is 6.77. The number of hydrogen-bond donors (Lipinski definition) is 1. The highest BCUT2D eigenvalue weighted by Crippen LogP contribution is 2.18. The average Bonchev–Trinajstić information content (AvgIpc) is 2.55. The Bertz CT molecular complexity index is 494. The van der Waals surface area contributed by atoms with Crippen LogP contribution in [0.5, 0.6) is 5.75 Å². The zero-order chi connectivity index (χ0) is 16.7. The van der Waals surface area contributed by atoms with Gasteiger partial charge in [-0.1, -0.05) is 13.3 Å². The first-order valence-corrected chi connectivity index (χ1v) is 8.17. The molecule has 128 valence electrons. The molecule has 0 bridgehead atoms. The van der Waals surface area contributed by atoms with E-state index >= 15 is 0 Å². The monoisotopic (exact) mass is 326 g/mol. The van der Waals surface area contributed by atoms with Crippen molar-refractivity contribution in [3.05, 3.63) is 29.8 Å². The number of carbonyl (C=O) groups excluding carboxylic acids is 1. The number of piperidine rings is 1. The lowest BCUT2D eigenvalue weighted by Gasteiger charge is -2.35. The molecule has 1 aliphatic rings. The molecule has 23 heavy (non-hydrogen) atoms. The Balaban J connectivity index is 1.78. The Morgan fingerprint density at radius 2 is 2.09 bits per heavy atom. The maximum atomic E-state index is 12.1. The van der Waals surface area contributed by atoms with E-state index < -0.39 is 6.61 Å². The minimum atomic E-state index is -2.86. The minimum Gasteiger partial charge on any atom is -0.435 e. The molecule has 0 radical (unpaired) electrons. The molecule has 0 aromatic heterocycles. The number of nitrogens with zero attached hydrogens (tertiary/aromatic N) is 1. The van der Waals surface area contributed by atoms with Crippen LogP contribution in [0.3, 0.4) is 0 Å². The molecule has 0 spiro atoms. The largest absolute Gasteiger partial charge is 0.435 e. The molecule has 1 N–H and O–H groups in total. The molecule has 1 amide bonds. The van der Waals surface area contributed by atoms with Crippen LogP contribution in [0.4, 0.5) is 8.78 Å². The first-order valence-electron chi connectivity index (χ1n) is 8.17. The quantitative estimate of drug-likeness (QED) is 0.836. The zero-order valence-corrected chi connectivity index (χ0v) is 13.4. The third kappa shape index (κ3) is 5.46. The molecule has 1 aromatic rings. The third-order valence-electron chi connectivity index (χ3n) is 4.25. The molecule has 1 heterocycles. The van der Waals surface area contributed by atoms with E-state index in [-0.39, 0.29) is 11.7 Å². The fourth-order valence-electron chi connectivity index (χ4n) is 3.02. The fraction of sp³-hybridized carbons (Fsp3) is 0.588. The third-order valence-corrected chi connectivity index (χ3v) is 4.25. The number of ether oxygens (including phenoxy) is 1. The highest BCUT2D eigenvalue weighted by Gasteiger charge is 2.20. The number of benzene rings is 1. The lowest BCUT2D eigenvalue weighted by molar-refractivity contribution is -0.0498. The molecule has 6 heteroatoms. The van der Waals surface area contributed by atoms with Gasteiger partial charge in [0.1, 0.15) is 5.75 Å². The predicted octanol–water partition coefficient (Wildman–Crippen LogP) is 3.28. The number of nitrogens with one attached hydrogen (secondary N) is 1. The molecule has 0 aliphatic carbocycles. The molecule has 4 nitrogen and oxygen atoms in total. The summed E-state index contributed by atoms with van der Waals surface area (Å²) in [5.41, 5.74) is 0.442. The van der Waals surface area contributed by atoms with Crippen molar-refractivity contribution >= 4 is 5.91 Å². The fourth-order valence-corrected chi connectivity index (χ4v) is 3.02. The second-order valence-electron chi connectivity index (χ2n) is 5.75. The SMILES string of the molecule is CCC1CCCCN1CCNC(=O)c1ccc(OC(F)F)cc1.